The lowest BCUT2D eigenvalue weighted by Gasteiger charge is -2.32. The van der Waals surface area contributed by atoms with Crippen molar-refractivity contribution < 1.29 is 22.7 Å². The Bertz CT molecular complexity index is 698. The summed E-state index contributed by atoms with van der Waals surface area (Å²) in [4.78, 5) is 22.8. The van der Waals surface area contributed by atoms with Gasteiger partial charge in [-0.05, 0) is 44.9 Å². The lowest BCUT2D eigenvalue weighted by molar-refractivity contribution is -0.120. The number of carbonyl (C=O) groups is 2. The van der Waals surface area contributed by atoms with E-state index < -0.39 is 16.0 Å². The van der Waals surface area contributed by atoms with Gasteiger partial charge in [-0.1, -0.05) is 12.5 Å². The topological polar surface area (TPSA) is 80.8 Å². The number of hydrogen-bond donors (Lipinski definition) is 0. The van der Waals surface area contributed by atoms with E-state index >= 15 is 0 Å². The number of sulfonamides is 1. The van der Waals surface area contributed by atoms with Gasteiger partial charge in [-0.15, -0.1) is 0 Å². The summed E-state index contributed by atoms with van der Waals surface area (Å²) in [6.07, 6.45) is 2.69. The van der Waals surface area contributed by atoms with Crippen LogP contribution in [0.3, 0.4) is 0 Å². The Hall–Kier alpha value is -1.73. The molecule has 1 aliphatic rings. The third-order valence-corrected chi connectivity index (χ3v) is 5.83. The third kappa shape index (κ3) is 4.17. The molecule has 0 aromatic heterocycles. The number of rotatable bonds is 5. The number of Topliss-reactive ketones (excluding diaryl/α,β-unsaturated/α-hetero) is 1. The van der Waals surface area contributed by atoms with Gasteiger partial charge in [0.25, 0.3) is 0 Å². The molecular weight excluding hydrogens is 318 g/mol. The summed E-state index contributed by atoms with van der Waals surface area (Å²) in [5.74, 6) is -0.979. The predicted octanol–water partition coefficient (Wildman–Crippen LogP) is 2.00. The Balaban J connectivity index is 2.24. The Morgan fingerprint density at radius 3 is 2.70 bits per heavy atom. The molecule has 1 heterocycles. The van der Waals surface area contributed by atoms with Crippen molar-refractivity contribution in [1.82, 2.24) is 4.31 Å². The van der Waals surface area contributed by atoms with Crippen LogP contribution in [0.2, 0.25) is 0 Å². The molecule has 1 atom stereocenters. The molecule has 0 bridgehead atoms. The van der Waals surface area contributed by atoms with Gasteiger partial charge in [0.15, 0.2) is 5.78 Å². The highest BCUT2D eigenvalue weighted by Gasteiger charge is 2.31. The van der Waals surface area contributed by atoms with E-state index in [1.807, 2.05) is 6.92 Å². The predicted molar refractivity (Wildman–Crippen MR) is 84.6 cm³/mol. The van der Waals surface area contributed by atoms with E-state index in [1.165, 1.54) is 35.5 Å². The minimum atomic E-state index is -3.64. The SMILES string of the molecule is CC(=O)COC(=O)c1cccc(S(=O)(=O)N2CCCC[C@H]2C)c1. The van der Waals surface area contributed by atoms with Crippen molar-refractivity contribution in [1.29, 1.82) is 0 Å². The van der Waals surface area contributed by atoms with Crippen LogP contribution in [0, 0.1) is 0 Å². The van der Waals surface area contributed by atoms with E-state index in [0.717, 1.165) is 19.3 Å². The summed E-state index contributed by atoms with van der Waals surface area (Å²) in [7, 11) is -3.64. The van der Waals surface area contributed by atoms with Crippen LogP contribution in [0.25, 0.3) is 0 Å². The monoisotopic (exact) mass is 339 g/mol. The Labute approximate surface area is 136 Å². The van der Waals surface area contributed by atoms with Crippen molar-refractivity contribution in [3.05, 3.63) is 29.8 Å². The molecule has 0 aliphatic carbocycles. The number of esters is 1. The summed E-state index contributed by atoms with van der Waals surface area (Å²) in [5, 5.41) is 0. The van der Waals surface area contributed by atoms with Crippen molar-refractivity contribution in [3.8, 4) is 0 Å². The molecule has 0 unspecified atom stereocenters. The van der Waals surface area contributed by atoms with Gasteiger partial charge in [0.1, 0.15) is 6.61 Å². The second-order valence-electron chi connectivity index (χ2n) is 5.77. The van der Waals surface area contributed by atoms with Crippen LogP contribution in [0.15, 0.2) is 29.2 Å². The maximum atomic E-state index is 12.8. The summed E-state index contributed by atoms with van der Waals surface area (Å²) in [6.45, 7) is 3.37. The Morgan fingerprint density at radius 2 is 2.04 bits per heavy atom. The zero-order valence-electron chi connectivity index (χ0n) is 13.3. The van der Waals surface area contributed by atoms with Crippen molar-refractivity contribution in [2.45, 2.75) is 44.0 Å². The molecular formula is C16H21NO5S. The summed E-state index contributed by atoms with van der Waals surface area (Å²) >= 11 is 0. The highest BCUT2D eigenvalue weighted by atomic mass is 32.2. The van der Waals surface area contributed by atoms with Gasteiger partial charge in [0.05, 0.1) is 10.5 Å². The van der Waals surface area contributed by atoms with Gasteiger partial charge in [-0.25, -0.2) is 13.2 Å². The smallest absolute Gasteiger partial charge is 0.338 e. The number of ketones is 1. The Morgan fingerprint density at radius 1 is 1.30 bits per heavy atom. The first-order valence-electron chi connectivity index (χ1n) is 7.61. The minimum absolute atomic E-state index is 0.0536. The van der Waals surface area contributed by atoms with Crippen LogP contribution >= 0.6 is 0 Å². The first-order valence-corrected chi connectivity index (χ1v) is 9.05. The maximum absolute atomic E-state index is 12.8. The standard InChI is InChI=1S/C16H21NO5S/c1-12-6-3-4-9-17(12)23(20,21)15-8-5-7-14(10-15)16(19)22-11-13(2)18/h5,7-8,10,12H,3-4,6,9,11H2,1-2H3/t12-/m1/s1. The normalized spacial score (nSPS) is 19.3. The van der Waals surface area contributed by atoms with Crippen LogP contribution in [0.4, 0.5) is 0 Å². The number of carbonyl (C=O) groups excluding carboxylic acids is 2. The van der Waals surface area contributed by atoms with Crippen LogP contribution in [0.1, 0.15) is 43.5 Å². The second-order valence-corrected chi connectivity index (χ2v) is 7.66. The molecule has 1 saturated heterocycles. The quantitative estimate of drug-likeness (QED) is 0.767. The molecule has 0 amide bonds. The van der Waals surface area contributed by atoms with Gasteiger partial charge in [0, 0.05) is 12.6 Å². The summed E-state index contributed by atoms with van der Waals surface area (Å²) in [5.41, 5.74) is 0.122. The van der Waals surface area contributed by atoms with E-state index in [9.17, 15) is 18.0 Å². The highest BCUT2D eigenvalue weighted by molar-refractivity contribution is 7.89. The zero-order valence-corrected chi connectivity index (χ0v) is 14.1. The molecule has 7 heteroatoms. The molecule has 0 spiro atoms. The van der Waals surface area contributed by atoms with E-state index in [1.54, 1.807) is 0 Å². The lowest BCUT2D eigenvalue weighted by atomic mass is 10.1. The average molecular weight is 339 g/mol. The number of benzene rings is 1. The molecule has 1 fully saturated rings. The summed E-state index contributed by atoms with van der Waals surface area (Å²) < 4.78 is 31.8. The Kier molecular flexibility index (Phi) is 5.54. The minimum Gasteiger partial charge on any atom is -0.454 e. The lowest BCUT2D eigenvalue weighted by Crippen LogP contribution is -2.41. The fraction of sp³-hybridized carbons (Fsp3) is 0.500. The van der Waals surface area contributed by atoms with Gasteiger partial charge in [-0.3, -0.25) is 4.79 Å². The fourth-order valence-corrected chi connectivity index (χ4v) is 4.34. The first-order chi connectivity index (χ1) is 10.8. The highest BCUT2D eigenvalue weighted by Crippen LogP contribution is 2.25. The number of hydrogen-bond acceptors (Lipinski definition) is 5. The van der Waals surface area contributed by atoms with Crippen LogP contribution < -0.4 is 0 Å². The van der Waals surface area contributed by atoms with Crippen LogP contribution in [0.5, 0.6) is 0 Å². The van der Waals surface area contributed by atoms with E-state index in [2.05, 4.69) is 0 Å². The fourth-order valence-electron chi connectivity index (χ4n) is 2.60. The van der Waals surface area contributed by atoms with Crippen molar-refractivity contribution in [2.24, 2.45) is 0 Å². The molecule has 1 aromatic rings. The molecule has 23 heavy (non-hydrogen) atoms. The van der Waals surface area contributed by atoms with Gasteiger partial charge >= 0.3 is 5.97 Å². The molecule has 6 nitrogen and oxygen atoms in total. The largest absolute Gasteiger partial charge is 0.454 e. The molecule has 0 saturated carbocycles. The van der Waals surface area contributed by atoms with Crippen molar-refractivity contribution in [3.63, 3.8) is 0 Å². The van der Waals surface area contributed by atoms with Crippen LogP contribution in [-0.4, -0.2) is 43.7 Å². The molecule has 2 rings (SSSR count). The van der Waals surface area contributed by atoms with E-state index in [4.69, 9.17) is 4.74 Å². The molecule has 1 aliphatic heterocycles. The molecule has 0 radical (unpaired) electrons. The van der Waals surface area contributed by atoms with Gasteiger partial charge in [-0.2, -0.15) is 4.31 Å². The summed E-state index contributed by atoms with van der Waals surface area (Å²) in [6, 6.07) is 5.70. The van der Waals surface area contributed by atoms with Crippen molar-refractivity contribution in [2.75, 3.05) is 13.2 Å². The van der Waals surface area contributed by atoms with E-state index in [-0.39, 0.29) is 28.9 Å². The number of piperidine rings is 1. The molecule has 1 aromatic carbocycles. The number of nitrogens with zero attached hydrogens (tertiary/aromatic N) is 1. The molecule has 0 N–H and O–H groups in total. The molecule has 126 valence electrons. The maximum Gasteiger partial charge on any atom is 0.338 e. The zero-order chi connectivity index (χ0) is 17.0. The first kappa shape index (κ1) is 17.6. The third-order valence-electron chi connectivity index (χ3n) is 3.82. The number of ether oxygens (including phenoxy) is 1. The average Bonchev–Trinajstić information content (AvgIpc) is 2.53. The van der Waals surface area contributed by atoms with Gasteiger partial charge < -0.3 is 4.74 Å². The second kappa shape index (κ2) is 7.23. The van der Waals surface area contributed by atoms with Crippen LogP contribution in [-0.2, 0) is 19.6 Å². The van der Waals surface area contributed by atoms with Crippen molar-refractivity contribution >= 4 is 21.8 Å². The van der Waals surface area contributed by atoms with Gasteiger partial charge in [0.2, 0.25) is 10.0 Å². The van der Waals surface area contributed by atoms with E-state index in [0.29, 0.717) is 6.54 Å².